The summed E-state index contributed by atoms with van der Waals surface area (Å²) in [5.74, 6) is 2.79. The summed E-state index contributed by atoms with van der Waals surface area (Å²) in [6, 6.07) is 15.3. The number of nitrogens with zero attached hydrogens (tertiary/aromatic N) is 2. The molecule has 2 aromatic carbocycles. The fourth-order valence-electron chi connectivity index (χ4n) is 6.20. The van der Waals surface area contributed by atoms with E-state index < -0.39 is 0 Å². The summed E-state index contributed by atoms with van der Waals surface area (Å²) in [6.45, 7) is 0.567. The fraction of sp³-hybridized carbons (Fsp3) is 0.412. The molecule has 2 aliphatic rings. The molecule has 2 saturated carbocycles. The number of hydrogen-bond acceptors (Lipinski definition) is 8. The van der Waals surface area contributed by atoms with Crippen LogP contribution >= 0.6 is 0 Å². The second kappa shape index (κ2) is 13.4. The predicted octanol–water partition coefficient (Wildman–Crippen LogP) is 6.29. The van der Waals surface area contributed by atoms with Crippen molar-refractivity contribution >= 4 is 11.8 Å². The predicted molar refractivity (Wildman–Crippen MR) is 164 cm³/mol. The monoisotopic (exact) mass is 598 g/mol. The molecule has 44 heavy (non-hydrogen) atoms. The first-order chi connectivity index (χ1) is 21.5. The van der Waals surface area contributed by atoms with Gasteiger partial charge in [-0.2, -0.15) is 0 Å². The number of ether oxygens (including phenoxy) is 2. The van der Waals surface area contributed by atoms with E-state index in [0.717, 1.165) is 73.6 Å². The molecule has 6 rings (SSSR count). The lowest BCUT2D eigenvalue weighted by Gasteiger charge is -2.12. The Morgan fingerprint density at radius 2 is 1.23 bits per heavy atom. The van der Waals surface area contributed by atoms with E-state index in [1.165, 1.54) is 0 Å². The Hall–Kier alpha value is -4.60. The van der Waals surface area contributed by atoms with Crippen LogP contribution in [0, 0.1) is 11.8 Å². The third-order valence-electron chi connectivity index (χ3n) is 8.70. The van der Waals surface area contributed by atoms with Gasteiger partial charge in [-0.3, -0.25) is 9.59 Å². The Balaban J connectivity index is 1.24. The van der Waals surface area contributed by atoms with E-state index in [1.807, 2.05) is 48.5 Å². The van der Waals surface area contributed by atoms with Crippen LogP contribution in [0.4, 0.5) is 0 Å². The molecule has 0 aliphatic heterocycles. The molecular weight excluding hydrogens is 560 g/mol. The van der Waals surface area contributed by atoms with Crippen LogP contribution in [-0.4, -0.2) is 36.3 Å². The van der Waals surface area contributed by atoms with Crippen LogP contribution in [0.5, 0.6) is 11.5 Å². The first kappa shape index (κ1) is 29.5. The second-order valence-corrected chi connectivity index (χ2v) is 11.6. The van der Waals surface area contributed by atoms with Crippen molar-refractivity contribution < 1.29 is 28.1 Å². The second-order valence-electron chi connectivity index (χ2n) is 11.6. The highest BCUT2D eigenvalue weighted by Gasteiger charge is 2.24. The van der Waals surface area contributed by atoms with Gasteiger partial charge in [0.05, 0.1) is 27.3 Å². The van der Waals surface area contributed by atoms with Gasteiger partial charge in [0, 0.05) is 35.1 Å². The van der Waals surface area contributed by atoms with Crippen molar-refractivity contribution in [1.82, 2.24) is 20.9 Å². The SMILES string of the molecule is COc1cc(-c2cc(CNC(=O)C3CCCC3)on2)cc(-c2ccc(OC)cc2-c2cc(CNC(=O)C3CCCC3)on2)c1. The Kier molecular flexibility index (Phi) is 8.95. The van der Waals surface area contributed by atoms with Crippen molar-refractivity contribution in [1.29, 1.82) is 0 Å². The van der Waals surface area contributed by atoms with Crippen molar-refractivity contribution in [3.05, 3.63) is 60.1 Å². The summed E-state index contributed by atoms with van der Waals surface area (Å²) in [4.78, 5) is 25.0. The molecule has 2 N–H and O–H groups in total. The molecule has 10 heteroatoms. The highest BCUT2D eigenvalue weighted by Crippen LogP contribution is 2.38. The first-order valence-corrected chi connectivity index (χ1v) is 15.4. The minimum absolute atomic E-state index is 0.0682. The molecule has 0 atom stereocenters. The van der Waals surface area contributed by atoms with E-state index in [9.17, 15) is 9.59 Å². The molecule has 2 fully saturated rings. The van der Waals surface area contributed by atoms with Gasteiger partial charge < -0.3 is 29.2 Å². The maximum atomic E-state index is 12.5. The summed E-state index contributed by atoms with van der Waals surface area (Å²) in [6.07, 6.45) is 8.19. The van der Waals surface area contributed by atoms with Crippen molar-refractivity contribution in [2.45, 2.75) is 64.5 Å². The molecular formula is C34H38N4O6. The lowest BCUT2D eigenvalue weighted by atomic mass is 9.95. The van der Waals surface area contributed by atoms with Gasteiger partial charge in [-0.1, -0.05) is 42.1 Å². The quantitative estimate of drug-likeness (QED) is 0.206. The van der Waals surface area contributed by atoms with E-state index in [1.54, 1.807) is 14.2 Å². The van der Waals surface area contributed by atoms with Gasteiger partial charge in [-0.25, -0.2) is 0 Å². The summed E-state index contributed by atoms with van der Waals surface area (Å²) < 4.78 is 22.4. The molecule has 0 unspecified atom stereocenters. The zero-order chi connectivity index (χ0) is 30.5. The van der Waals surface area contributed by atoms with Crippen molar-refractivity contribution in [2.24, 2.45) is 11.8 Å². The topological polar surface area (TPSA) is 129 Å². The number of hydrogen-bond donors (Lipinski definition) is 2. The van der Waals surface area contributed by atoms with Crippen molar-refractivity contribution in [3.63, 3.8) is 0 Å². The number of methoxy groups -OCH3 is 2. The normalized spacial score (nSPS) is 15.4. The average molecular weight is 599 g/mol. The number of nitrogens with one attached hydrogen (secondary N) is 2. The van der Waals surface area contributed by atoms with Gasteiger partial charge >= 0.3 is 0 Å². The molecule has 0 radical (unpaired) electrons. The number of aromatic nitrogens is 2. The number of benzene rings is 2. The first-order valence-electron chi connectivity index (χ1n) is 15.4. The van der Waals surface area contributed by atoms with Gasteiger partial charge in [-0.05, 0) is 67.1 Å². The largest absolute Gasteiger partial charge is 0.497 e. The standard InChI is InChI=1S/C34H38N4O6/c1-41-25-11-12-29(30(16-25)32-18-28(44-38-32)20-36-34(40)22-9-5-6-10-22)23-13-24(15-26(14-23)42-2)31-17-27(43-37-31)19-35-33(39)21-7-3-4-8-21/h11-18,21-22H,3-10,19-20H2,1-2H3,(H,35,39)(H,36,40). The Labute approximate surface area is 256 Å². The number of carbonyl (C=O) groups excluding carboxylic acids is 2. The van der Waals surface area contributed by atoms with Crippen LogP contribution in [-0.2, 0) is 22.7 Å². The molecule has 0 saturated heterocycles. The van der Waals surface area contributed by atoms with Crippen molar-refractivity contribution in [2.75, 3.05) is 14.2 Å². The van der Waals surface area contributed by atoms with Crippen LogP contribution in [0.25, 0.3) is 33.6 Å². The summed E-state index contributed by atoms with van der Waals surface area (Å²) >= 11 is 0. The Morgan fingerprint density at radius 1 is 0.682 bits per heavy atom. The third kappa shape index (κ3) is 6.64. The van der Waals surface area contributed by atoms with Crippen LogP contribution in [0.1, 0.15) is 62.9 Å². The summed E-state index contributed by atoms with van der Waals surface area (Å²) in [7, 11) is 3.24. The molecule has 10 nitrogen and oxygen atoms in total. The van der Waals surface area contributed by atoms with E-state index in [4.69, 9.17) is 18.5 Å². The average Bonchev–Trinajstić information content (AvgIpc) is 3.89. The minimum Gasteiger partial charge on any atom is -0.497 e. The van der Waals surface area contributed by atoms with E-state index >= 15 is 0 Å². The maximum absolute atomic E-state index is 12.5. The smallest absolute Gasteiger partial charge is 0.223 e. The molecule has 0 spiro atoms. The van der Waals surface area contributed by atoms with E-state index in [0.29, 0.717) is 34.4 Å². The van der Waals surface area contributed by atoms with E-state index in [-0.39, 0.29) is 36.7 Å². The van der Waals surface area contributed by atoms with Crippen LogP contribution in [0.15, 0.2) is 57.6 Å². The highest BCUT2D eigenvalue weighted by molar-refractivity contribution is 5.86. The highest BCUT2D eigenvalue weighted by atomic mass is 16.5. The number of amides is 2. The van der Waals surface area contributed by atoms with Gasteiger partial charge in [0.25, 0.3) is 0 Å². The van der Waals surface area contributed by atoms with Gasteiger partial charge in [0.15, 0.2) is 11.5 Å². The third-order valence-corrected chi connectivity index (χ3v) is 8.70. The summed E-state index contributed by atoms with van der Waals surface area (Å²) in [5, 5.41) is 14.6. The molecule has 230 valence electrons. The minimum atomic E-state index is 0.0682. The van der Waals surface area contributed by atoms with Crippen LogP contribution in [0.3, 0.4) is 0 Å². The lowest BCUT2D eigenvalue weighted by molar-refractivity contribution is -0.125. The van der Waals surface area contributed by atoms with Crippen LogP contribution in [0.2, 0.25) is 0 Å². The van der Waals surface area contributed by atoms with Crippen LogP contribution < -0.4 is 20.1 Å². The molecule has 2 amide bonds. The molecule has 2 heterocycles. The Bertz CT molecular complexity index is 1610. The zero-order valence-corrected chi connectivity index (χ0v) is 25.2. The Morgan fingerprint density at radius 3 is 1.82 bits per heavy atom. The van der Waals surface area contributed by atoms with Crippen molar-refractivity contribution in [3.8, 4) is 45.1 Å². The number of carbonyl (C=O) groups is 2. The van der Waals surface area contributed by atoms with Gasteiger partial charge in [0.1, 0.15) is 22.9 Å². The molecule has 4 aromatic rings. The fourth-order valence-corrected chi connectivity index (χ4v) is 6.20. The summed E-state index contributed by atoms with van der Waals surface area (Å²) in [5.41, 5.74) is 4.61. The van der Waals surface area contributed by atoms with E-state index in [2.05, 4.69) is 20.9 Å². The maximum Gasteiger partial charge on any atom is 0.223 e. The molecule has 2 aromatic heterocycles. The van der Waals surface area contributed by atoms with Gasteiger partial charge in [-0.15, -0.1) is 0 Å². The molecule has 2 aliphatic carbocycles. The lowest BCUT2D eigenvalue weighted by Crippen LogP contribution is -2.28. The number of rotatable bonds is 11. The molecule has 0 bridgehead atoms. The zero-order valence-electron chi connectivity index (χ0n) is 25.2. The van der Waals surface area contributed by atoms with Gasteiger partial charge in [0.2, 0.25) is 11.8 Å².